The highest BCUT2D eigenvalue weighted by molar-refractivity contribution is 5.93. The van der Waals surface area contributed by atoms with E-state index in [1.54, 1.807) is 6.20 Å². The van der Waals surface area contributed by atoms with E-state index in [1.807, 2.05) is 0 Å². The lowest BCUT2D eigenvalue weighted by Crippen LogP contribution is -2.33. The Morgan fingerprint density at radius 1 is 1.12 bits per heavy atom. The zero-order valence-electron chi connectivity index (χ0n) is 9.03. The lowest BCUT2D eigenvalue weighted by molar-refractivity contribution is -0.131. The highest BCUT2D eigenvalue weighted by Gasteiger charge is 1.95. The molecule has 16 heavy (non-hydrogen) atoms. The van der Waals surface area contributed by atoms with Gasteiger partial charge in [-0.3, -0.25) is 4.79 Å². The first-order valence-electron chi connectivity index (χ1n) is 4.90. The van der Waals surface area contributed by atoms with Crippen molar-refractivity contribution in [2.24, 2.45) is 0 Å². The Balaban J connectivity index is 3.34. The molecular formula is C10H17N3O3. The van der Waals surface area contributed by atoms with E-state index in [1.165, 1.54) is 0 Å². The number of carboxylic acid groups (broad SMARTS) is 1. The SMILES string of the molecule is C=CNCCNCCNC(=O)/C=C/C(=O)O. The van der Waals surface area contributed by atoms with Crippen LogP contribution in [0.4, 0.5) is 0 Å². The number of aliphatic carboxylic acids is 1. The van der Waals surface area contributed by atoms with Crippen LogP contribution in [0.5, 0.6) is 0 Å². The Kier molecular flexibility index (Phi) is 8.62. The van der Waals surface area contributed by atoms with Gasteiger partial charge in [0.1, 0.15) is 0 Å². The number of carbonyl (C=O) groups is 2. The number of carboxylic acids is 1. The molecule has 0 aromatic rings. The second kappa shape index (κ2) is 9.72. The Bertz CT molecular complexity index is 264. The van der Waals surface area contributed by atoms with Crippen LogP contribution in [0.3, 0.4) is 0 Å². The van der Waals surface area contributed by atoms with Gasteiger partial charge in [-0.25, -0.2) is 4.79 Å². The van der Waals surface area contributed by atoms with Crippen molar-refractivity contribution in [1.29, 1.82) is 0 Å². The summed E-state index contributed by atoms with van der Waals surface area (Å²) in [5.74, 6) is -1.54. The molecule has 0 saturated carbocycles. The molecule has 0 aliphatic heterocycles. The third-order valence-corrected chi connectivity index (χ3v) is 1.57. The monoisotopic (exact) mass is 227 g/mol. The van der Waals surface area contributed by atoms with E-state index in [0.717, 1.165) is 25.2 Å². The predicted molar refractivity (Wildman–Crippen MR) is 60.9 cm³/mol. The molecule has 0 heterocycles. The number of carbonyl (C=O) groups excluding carboxylic acids is 1. The van der Waals surface area contributed by atoms with Crippen LogP contribution in [0.2, 0.25) is 0 Å². The summed E-state index contributed by atoms with van der Waals surface area (Å²) < 4.78 is 0. The summed E-state index contributed by atoms with van der Waals surface area (Å²) in [6, 6.07) is 0. The molecule has 6 heteroatoms. The van der Waals surface area contributed by atoms with E-state index in [9.17, 15) is 9.59 Å². The van der Waals surface area contributed by atoms with E-state index in [-0.39, 0.29) is 0 Å². The Morgan fingerprint density at radius 2 is 1.81 bits per heavy atom. The van der Waals surface area contributed by atoms with Crippen molar-refractivity contribution in [3.63, 3.8) is 0 Å². The van der Waals surface area contributed by atoms with Gasteiger partial charge in [-0.05, 0) is 6.20 Å². The average molecular weight is 227 g/mol. The summed E-state index contributed by atoms with van der Waals surface area (Å²) in [5, 5.41) is 16.8. The molecule has 0 aliphatic rings. The van der Waals surface area contributed by atoms with Crippen molar-refractivity contribution in [3.8, 4) is 0 Å². The van der Waals surface area contributed by atoms with Crippen molar-refractivity contribution < 1.29 is 14.7 Å². The van der Waals surface area contributed by atoms with Crippen LogP contribution in [0.15, 0.2) is 24.9 Å². The smallest absolute Gasteiger partial charge is 0.328 e. The maximum Gasteiger partial charge on any atom is 0.328 e. The molecular weight excluding hydrogens is 210 g/mol. The van der Waals surface area contributed by atoms with Gasteiger partial charge in [0.25, 0.3) is 0 Å². The normalized spacial score (nSPS) is 10.0. The largest absolute Gasteiger partial charge is 0.478 e. The zero-order chi connectivity index (χ0) is 12.2. The molecule has 6 nitrogen and oxygen atoms in total. The van der Waals surface area contributed by atoms with E-state index >= 15 is 0 Å². The second-order valence-corrected chi connectivity index (χ2v) is 2.87. The first-order chi connectivity index (χ1) is 7.66. The van der Waals surface area contributed by atoms with Crippen LogP contribution in [0, 0.1) is 0 Å². The topological polar surface area (TPSA) is 90.5 Å². The molecule has 90 valence electrons. The molecule has 0 spiro atoms. The molecule has 0 fully saturated rings. The fraction of sp³-hybridized carbons (Fsp3) is 0.400. The summed E-state index contributed by atoms with van der Waals surface area (Å²) in [5.41, 5.74) is 0. The van der Waals surface area contributed by atoms with Gasteiger partial charge < -0.3 is 21.1 Å². The average Bonchev–Trinajstić information content (AvgIpc) is 2.25. The third-order valence-electron chi connectivity index (χ3n) is 1.57. The van der Waals surface area contributed by atoms with Gasteiger partial charge in [0.05, 0.1) is 0 Å². The van der Waals surface area contributed by atoms with Crippen molar-refractivity contribution in [1.82, 2.24) is 16.0 Å². The number of hydrogen-bond donors (Lipinski definition) is 4. The molecule has 1 amide bonds. The molecule has 0 aromatic carbocycles. The summed E-state index contributed by atoms with van der Waals surface area (Å²) in [6.07, 6.45) is 3.40. The van der Waals surface area contributed by atoms with Gasteiger partial charge in [0.2, 0.25) is 5.91 Å². The van der Waals surface area contributed by atoms with Crippen LogP contribution < -0.4 is 16.0 Å². The van der Waals surface area contributed by atoms with Gasteiger partial charge in [0, 0.05) is 38.3 Å². The van der Waals surface area contributed by atoms with E-state index in [2.05, 4.69) is 22.5 Å². The predicted octanol–water partition coefficient (Wildman–Crippen LogP) is -0.934. The minimum absolute atomic E-state index is 0.409. The number of amides is 1. The lowest BCUT2D eigenvalue weighted by atomic mass is 10.4. The fourth-order valence-corrected chi connectivity index (χ4v) is 0.868. The van der Waals surface area contributed by atoms with Crippen LogP contribution in [-0.2, 0) is 9.59 Å². The Morgan fingerprint density at radius 3 is 2.44 bits per heavy atom. The van der Waals surface area contributed by atoms with Crippen molar-refractivity contribution in [3.05, 3.63) is 24.9 Å². The number of hydrogen-bond acceptors (Lipinski definition) is 4. The quantitative estimate of drug-likeness (QED) is 0.302. The van der Waals surface area contributed by atoms with Crippen LogP contribution in [0.1, 0.15) is 0 Å². The van der Waals surface area contributed by atoms with Crippen molar-refractivity contribution in [2.75, 3.05) is 26.2 Å². The maximum absolute atomic E-state index is 11.0. The van der Waals surface area contributed by atoms with Crippen molar-refractivity contribution in [2.45, 2.75) is 0 Å². The molecule has 0 saturated heterocycles. The number of nitrogens with one attached hydrogen (secondary N) is 3. The maximum atomic E-state index is 11.0. The summed E-state index contributed by atoms with van der Waals surface area (Å²) in [7, 11) is 0. The molecule has 0 rings (SSSR count). The highest BCUT2D eigenvalue weighted by atomic mass is 16.4. The van der Waals surface area contributed by atoms with Crippen molar-refractivity contribution >= 4 is 11.9 Å². The standard InChI is InChI=1S/C10H17N3O3/c1-2-11-5-6-12-7-8-13-9(14)3-4-10(15)16/h2-4,11-12H,1,5-8H2,(H,13,14)(H,15,16)/b4-3+. The van der Waals surface area contributed by atoms with Gasteiger partial charge >= 0.3 is 5.97 Å². The van der Waals surface area contributed by atoms with Gasteiger partial charge in [-0.15, -0.1) is 0 Å². The summed E-state index contributed by atoms with van der Waals surface area (Å²) >= 11 is 0. The summed E-state index contributed by atoms with van der Waals surface area (Å²) in [6.45, 7) is 6.13. The molecule has 0 atom stereocenters. The first kappa shape index (κ1) is 14.2. The van der Waals surface area contributed by atoms with E-state index in [0.29, 0.717) is 13.1 Å². The second-order valence-electron chi connectivity index (χ2n) is 2.87. The fourth-order valence-electron chi connectivity index (χ4n) is 0.868. The molecule has 0 aromatic heterocycles. The minimum Gasteiger partial charge on any atom is -0.478 e. The van der Waals surface area contributed by atoms with Crippen LogP contribution in [-0.4, -0.2) is 43.2 Å². The first-order valence-corrected chi connectivity index (χ1v) is 4.90. The zero-order valence-corrected chi connectivity index (χ0v) is 9.03. The van der Waals surface area contributed by atoms with Gasteiger partial charge in [0.15, 0.2) is 0 Å². The molecule has 4 N–H and O–H groups in total. The Hall–Kier alpha value is -1.82. The van der Waals surface area contributed by atoms with Crippen LogP contribution >= 0.6 is 0 Å². The molecule has 0 radical (unpaired) electrons. The number of rotatable bonds is 9. The molecule has 0 aliphatic carbocycles. The molecule has 0 unspecified atom stereocenters. The van der Waals surface area contributed by atoms with Gasteiger partial charge in [-0.2, -0.15) is 0 Å². The summed E-state index contributed by atoms with van der Waals surface area (Å²) in [4.78, 5) is 21.1. The third kappa shape index (κ3) is 10.3. The van der Waals surface area contributed by atoms with E-state index in [4.69, 9.17) is 5.11 Å². The lowest BCUT2D eigenvalue weighted by Gasteiger charge is -2.04. The van der Waals surface area contributed by atoms with Gasteiger partial charge in [-0.1, -0.05) is 6.58 Å². The highest BCUT2D eigenvalue weighted by Crippen LogP contribution is 1.73. The Labute approximate surface area is 94.4 Å². The molecule has 0 bridgehead atoms. The van der Waals surface area contributed by atoms with Crippen LogP contribution in [0.25, 0.3) is 0 Å². The minimum atomic E-state index is -1.14. The van der Waals surface area contributed by atoms with E-state index < -0.39 is 11.9 Å².